The summed E-state index contributed by atoms with van der Waals surface area (Å²) in [5, 5.41) is 9.62. The Morgan fingerprint density at radius 3 is 2.43 bits per heavy atom. The van der Waals surface area contributed by atoms with E-state index in [-0.39, 0.29) is 5.91 Å². The van der Waals surface area contributed by atoms with Gasteiger partial charge >= 0.3 is 0 Å². The van der Waals surface area contributed by atoms with E-state index in [1.807, 2.05) is 56.3 Å². The third-order valence-corrected chi connectivity index (χ3v) is 4.79. The minimum atomic E-state index is -0.482. The summed E-state index contributed by atoms with van der Waals surface area (Å²) in [7, 11) is 3.19. The van der Waals surface area contributed by atoms with E-state index in [1.165, 1.54) is 0 Å². The van der Waals surface area contributed by atoms with E-state index in [2.05, 4.69) is 16.0 Å². The highest BCUT2D eigenvalue weighted by Gasteiger charge is 2.32. The molecule has 6 nitrogen and oxygen atoms in total. The second kappa shape index (κ2) is 8.31. The number of hydrogen-bond donors (Lipinski definition) is 3. The summed E-state index contributed by atoms with van der Waals surface area (Å²) in [5.74, 6) is 1.08. The average Bonchev–Trinajstić information content (AvgIpc) is 2.68. The number of anilines is 1. The van der Waals surface area contributed by atoms with E-state index < -0.39 is 6.04 Å². The van der Waals surface area contributed by atoms with Gasteiger partial charge in [-0.05, 0) is 56.4 Å². The van der Waals surface area contributed by atoms with Crippen LogP contribution in [0.25, 0.3) is 0 Å². The largest absolute Gasteiger partial charge is 0.497 e. The van der Waals surface area contributed by atoms with Crippen LogP contribution in [0.3, 0.4) is 0 Å². The molecule has 0 aromatic heterocycles. The highest BCUT2D eigenvalue weighted by Crippen LogP contribution is 2.35. The van der Waals surface area contributed by atoms with Gasteiger partial charge < -0.3 is 25.4 Å². The number of amides is 1. The molecular formula is C21H23N3O3S. The highest BCUT2D eigenvalue weighted by atomic mass is 32.1. The maximum Gasteiger partial charge on any atom is 0.255 e. The normalized spacial score (nSPS) is 16.1. The van der Waals surface area contributed by atoms with Gasteiger partial charge in [0, 0.05) is 16.9 Å². The highest BCUT2D eigenvalue weighted by molar-refractivity contribution is 7.80. The third-order valence-electron chi connectivity index (χ3n) is 4.57. The Morgan fingerprint density at radius 2 is 1.79 bits per heavy atom. The lowest BCUT2D eigenvalue weighted by Gasteiger charge is -2.31. The summed E-state index contributed by atoms with van der Waals surface area (Å²) in [6, 6.07) is 12.6. The van der Waals surface area contributed by atoms with E-state index in [0.29, 0.717) is 27.9 Å². The zero-order valence-corrected chi connectivity index (χ0v) is 17.1. The molecule has 1 heterocycles. The minimum Gasteiger partial charge on any atom is -0.497 e. The van der Waals surface area contributed by atoms with Crippen LogP contribution in [0.5, 0.6) is 11.5 Å². The first kappa shape index (κ1) is 19.7. The van der Waals surface area contributed by atoms with Crippen molar-refractivity contribution >= 4 is 28.9 Å². The predicted molar refractivity (Wildman–Crippen MR) is 114 cm³/mol. The van der Waals surface area contributed by atoms with Gasteiger partial charge in [0.25, 0.3) is 5.91 Å². The minimum absolute atomic E-state index is 0.223. The van der Waals surface area contributed by atoms with Gasteiger partial charge in [-0.3, -0.25) is 4.79 Å². The molecule has 0 unspecified atom stereocenters. The second-order valence-electron chi connectivity index (χ2n) is 6.50. The Kier molecular flexibility index (Phi) is 5.84. The lowest BCUT2D eigenvalue weighted by molar-refractivity contribution is -0.113. The van der Waals surface area contributed by atoms with Crippen molar-refractivity contribution in [1.29, 1.82) is 0 Å². The molecule has 7 heteroatoms. The van der Waals surface area contributed by atoms with Gasteiger partial charge in [-0.15, -0.1) is 0 Å². The van der Waals surface area contributed by atoms with Crippen molar-refractivity contribution in [3.05, 3.63) is 64.9 Å². The van der Waals surface area contributed by atoms with Crippen LogP contribution < -0.4 is 25.4 Å². The fourth-order valence-corrected chi connectivity index (χ4v) is 3.40. The Hall–Kier alpha value is -3.06. The first-order valence-electron chi connectivity index (χ1n) is 8.81. The van der Waals surface area contributed by atoms with Crippen LogP contribution in [0, 0.1) is 6.92 Å². The van der Waals surface area contributed by atoms with Crippen molar-refractivity contribution < 1.29 is 14.3 Å². The lowest BCUT2D eigenvalue weighted by Crippen LogP contribution is -2.45. The zero-order valence-electron chi connectivity index (χ0n) is 16.3. The van der Waals surface area contributed by atoms with E-state index in [4.69, 9.17) is 21.7 Å². The number of allylic oxidation sites excluding steroid dienone is 1. The molecule has 0 saturated heterocycles. The van der Waals surface area contributed by atoms with E-state index in [0.717, 1.165) is 16.8 Å². The second-order valence-corrected chi connectivity index (χ2v) is 6.91. The van der Waals surface area contributed by atoms with Crippen LogP contribution >= 0.6 is 12.2 Å². The van der Waals surface area contributed by atoms with Gasteiger partial charge in [0.2, 0.25) is 0 Å². The monoisotopic (exact) mass is 397 g/mol. The topological polar surface area (TPSA) is 71.6 Å². The number of methoxy groups -OCH3 is 2. The molecule has 0 bridgehead atoms. The number of thiocarbonyl (C=S) groups is 1. The molecule has 0 spiro atoms. The Bertz CT molecular complexity index is 938. The predicted octanol–water partition coefficient (Wildman–Crippen LogP) is 3.44. The van der Waals surface area contributed by atoms with Crippen molar-refractivity contribution in [2.75, 3.05) is 19.5 Å². The Morgan fingerprint density at radius 1 is 1.07 bits per heavy atom. The summed E-state index contributed by atoms with van der Waals surface area (Å²) < 4.78 is 10.9. The van der Waals surface area contributed by atoms with Crippen molar-refractivity contribution in [2.24, 2.45) is 0 Å². The van der Waals surface area contributed by atoms with Crippen LogP contribution in [0.2, 0.25) is 0 Å². The molecule has 1 amide bonds. The number of rotatable bonds is 5. The lowest BCUT2D eigenvalue weighted by atomic mass is 9.94. The molecule has 0 saturated carbocycles. The SMILES string of the molecule is COc1ccc(OC)c([C@@H]2NC(=S)NC(C)=C2C(=O)Nc2ccc(C)cc2)c1. The summed E-state index contributed by atoms with van der Waals surface area (Å²) >= 11 is 5.32. The van der Waals surface area contributed by atoms with Gasteiger partial charge in [0.1, 0.15) is 11.5 Å². The molecule has 1 atom stereocenters. The Balaban J connectivity index is 2.01. The molecule has 0 radical (unpaired) electrons. The molecule has 28 heavy (non-hydrogen) atoms. The number of benzene rings is 2. The Labute approximate surface area is 169 Å². The number of carbonyl (C=O) groups is 1. The third kappa shape index (κ3) is 4.09. The number of nitrogens with one attached hydrogen (secondary N) is 3. The zero-order chi connectivity index (χ0) is 20.3. The fourth-order valence-electron chi connectivity index (χ4n) is 3.13. The molecule has 2 aromatic carbocycles. The quantitative estimate of drug-likeness (QED) is 0.672. The van der Waals surface area contributed by atoms with Gasteiger partial charge in [-0.2, -0.15) is 0 Å². The first-order chi connectivity index (χ1) is 13.4. The maximum atomic E-state index is 13.1. The number of carbonyl (C=O) groups excluding carboxylic acids is 1. The molecule has 3 N–H and O–H groups in total. The standard InChI is InChI=1S/C21H23N3O3S/c1-12-5-7-14(8-6-12)23-20(25)18-13(2)22-21(28)24-19(18)16-11-15(26-3)9-10-17(16)27-4/h5-11,19H,1-4H3,(H,23,25)(H2,22,24,28)/t19-/m0/s1. The van der Waals surface area contributed by atoms with E-state index in [1.54, 1.807) is 14.2 Å². The molecule has 0 aliphatic carbocycles. The van der Waals surface area contributed by atoms with Crippen LogP contribution in [0.4, 0.5) is 5.69 Å². The summed E-state index contributed by atoms with van der Waals surface area (Å²) in [6.45, 7) is 3.83. The van der Waals surface area contributed by atoms with E-state index >= 15 is 0 Å². The fraction of sp³-hybridized carbons (Fsp3) is 0.238. The van der Waals surface area contributed by atoms with Gasteiger partial charge in [0.05, 0.1) is 25.8 Å². The van der Waals surface area contributed by atoms with Crippen molar-refractivity contribution in [2.45, 2.75) is 19.9 Å². The summed E-state index contributed by atoms with van der Waals surface area (Å²) in [6.07, 6.45) is 0. The summed E-state index contributed by atoms with van der Waals surface area (Å²) in [5.41, 5.74) is 3.82. The molecular weight excluding hydrogens is 374 g/mol. The van der Waals surface area contributed by atoms with E-state index in [9.17, 15) is 4.79 Å². The first-order valence-corrected chi connectivity index (χ1v) is 9.22. The van der Waals surface area contributed by atoms with Crippen LogP contribution in [0.15, 0.2) is 53.7 Å². The smallest absolute Gasteiger partial charge is 0.255 e. The van der Waals surface area contributed by atoms with Crippen LogP contribution in [-0.4, -0.2) is 25.2 Å². The molecule has 1 aliphatic heterocycles. The molecule has 146 valence electrons. The molecule has 3 rings (SSSR count). The number of ether oxygens (including phenoxy) is 2. The van der Waals surface area contributed by atoms with Crippen molar-refractivity contribution in [1.82, 2.24) is 10.6 Å². The number of hydrogen-bond acceptors (Lipinski definition) is 4. The van der Waals surface area contributed by atoms with Gasteiger partial charge in [-0.25, -0.2) is 0 Å². The van der Waals surface area contributed by atoms with Crippen molar-refractivity contribution in [3.8, 4) is 11.5 Å². The van der Waals surface area contributed by atoms with Crippen LogP contribution in [0.1, 0.15) is 24.1 Å². The van der Waals surface area contributed by atoms with Crippen molar-refractivity contribution in [3.63, 3.8) is 0 Å². The molecule has 0 fully saturated rings. The van der Waals surface area contributed by atoms with Gasteiger partial charge in [0.15, 0.2) is 5.11 Å². The summed E-state index contributed by atoms with van der Waals surface area (Å²) in [4.78, 5) is 13.1. The number of aryl methyl sites for hydroxylation is 1. The van der Waals surface area contributed by atoms with Gasteiger partial charge in [-0.1, -0.05) is 17.7 Å². The molecule has 2 aromatic rings. The maximum absolute atomic E-state index is 13.1. The average molecular weight is 398 g/mol. The molecule has 1 aliphatic rings. The van der Waals surface area contributed by atoms with Crippen LogP contribution in [-0.2, 0) is 4.79 Å².